The molecule has 2 aromatic heterocycles. The van der Waals surface area contributed by atoms with E-state index in [1.54, 1.807) is 12.3 Å². The van der Waals surface area contributed by atoms with Crippen LogP contribution in [0, 0.1) is 11.7 Å². The SMILES string of the molecule is COc1ccc(F)c(/C=N/NC(=O)c2cncc(-c3ccc(OCCC4CN(C)C4)nc3)n2)c1. The highest BCUT2D eigenvalue weighted by molar-refractivity contribution is 5.93. The number of aromatic nitrogens is 3. The van der Waals surface area contributed by atoms with Gasteiger partial charge in [0, 0.05) is 36.5 Å². The summed E-state index contributed by atoms with van der Waals surface area (Å²) < 4.78 is 24.6. The molecule has 0 radical (unpaired) electrons. The van der Waals surface area contributed by atoms with Gasteiger partial charge in [-0.2, -0.15) is 5.10 Å². The van der Waals surface area contributed by atoms with Crippen LogP contribution >= 0.6 is 0 Å². The molecular formula is C24H25FN6O3. The molecule has 1 aliphatic heterocycles. The van der Waals surface area contributed by atoms with Gasteiger partial charge in [-0.3, -0.25) is 9.78 Å². The maximum Gasteiger partial charge on any atom is 0.291 e. The van der Waals surface area contributed by atoms with E-state index in [1.165, 1.54) is 43.9 Å². The topological polar surface area (TPSA) is 102 Å². The van der Waals surface area contributed by atoms with Crippen molar-refractivity contribution in [3.8, 4) is 22.9 Å². The average Bonchev–Trinajstić information content (AvgIpc) is 2.84. The van der Waals surface area contributed by atoms with Gasteiger partial charge in [-0.05, 0) is 43.7 Å². The molecule has 3 aromatic rings. The molecule has 0 spiro atoms. The number of rotatable bonds is 9. The van der Waals surface area contributed by atoms with E-state index < -0.39 is 11.7 Å². The number of benzene rings is 1. The van der Waals surface area contributed by atoms with Gasteiger partial charge in [0.25, 0.3) is 5.91 Å². The Morgan fingerprint density at radius 1 is 1.26 bits per heavy atom. The summed E-state index contributed by atoms with van der Waals surface area (Å²) in [5, 5.41) is 3.80. The number of carbonyl (C=O) groups is 1. The van der Waals surface area contributed by atoms with Crippen molar-refractivity contribution < 1.29 is 18.7 Å². The largest absolute Gasteiger partial charge is 0.497 e. The molecule has 10 heteroatoms. The molecule has 1 saturated heterocycles. The number of hydrogen-bond donors (Lipinski definition) is 1. The van der Waals surface area contributed by atoms with Crippen LogP contribution < -0.4 is 14.9 Å². The minimum Gasteiger partial charge on any atom is -0.497 e. The first-order valence-electron chi connectivity index (χ1n) is 10.8. The number of pyridine rings is 1. The van der Waals surface area contributed by atoms with Gasteiger partial charge in [-0.1, -0.05) is 0 Å². The molecule has 176 valence electrons. The Labute approximate surface area is 196 Å². The second kappa shape index (κ2) is 10.8. The van der Waals surface area contributed by atoms with E-state index in [1.807, 2.05) is 6.07 Å². The van der Waals surface area contributed by atoms with E-state index in [2.05, 4.69) is 37.4 Å². The Morgan fingerprint density at radius 3 is 2.85 bits per heavy atom. The molecule has 0 atom stereocenters. The van der Waals surface area contributed by atoms with Crippen molar-refractivity contribution in [3.63, 3.8) is 0 Å². The van der Waals surface area contributed by atoms with Crippen molar-refractivity contribution >= 4 is 12.1 Å². The van der Waals surface area contributed by atoms with Crippen LogP contribution in [-0.4, -0.2) is 65.8 Å². The summed E-state index contributed by atoms with van der Waals surface area (Å²) in [7, 11) is 3.59. The third-order valence-corrected chi connectivity index (χ3v) is 5.39. The summed E-state index contributed by atoms with van der Waals surface area (Å²) in [4.78, 5) is 27.4. The highest BCUT2D eigenvalue weighted by Gasteiger charge is 2.22. The summed E-state index contributed by atoms with van der Waals surface area (Å²) in [6.45, 7) is 2.85. The quantitative estimate of drug-likeness (QED) is 0.384. The van der Waals surface area contributed by atoms with Crippen LogP contribution in [0.5, 0.6) is 11.6 Å². The summed E-state index contributed by atoms with van der Waals surface area (Å²) in [5.74, 6) is 0.633. The van der Waals surface area contributed by atoms with Crippen LogP contribution in [-0.2, 0) is 0 Å². The van der Waals surface area contributed by atoms with Gasteiger partial charge in [0.1, 0.15) is 17.3 Å². The summed E-state index contributed by atoms with van der Waals surface area (Å²) in [6, 6.07) is 7.80. The van der Waals surface area contributed by atoms with Crippen LogP contribution in [0.3, 0.4) is 0 Å². The molecule has 1 N–H and O–H groups in total. The Morgan fingerprint density at radius 2 is 2.12 bits per heavy atom. The second-order valence-corrected chi connectivity index (χ2v) is 7.99. The van der Waals surface area contributed by atoms with E-state index >= 15 is 0 Å². The Kier molecular flexibility index (Phi) is 7.38. The van der Waals surface area contributed by atoms with E-state index in [4.69, 9.17) is 9.47 Å². The normalized spacial score (nSPS) is 14.1. The predicted molar refractivity (Wildman–Crippen MR) is 124 cm³/mol. The fraction of sp³-hybridized carbons (Fsp3) is 0.292. The molecule has 1 amide bonds. The van der Waals surface area contributed by atoms with E-state index in [0.29, 0.717) is 35.4 Å². The Bertz CT molecular complexity index is 1170. The lowest BCUT2D eigenvalue weighted by Gasteiger charge is -2.36. The number of halogens is 1. The molecule has 3 heterocycles. The first-order valence-corrected chi connectivity index (χ1v) is 10.8. The molecular weight excluding hydrogens is 439 g/mol. The summed E-state index contributed by atoms with van der Waals surface area (Å²) >= 11 is 0. The lowest BCUT2D eigenvalue weighted by Crippen LogP contribution is -2.44. The zero-order valence-electron chi connectivity index (χ0n) is 18.9. The van der Waals surface area contributed by atoms with Gasteiger partial charge in [0.2, 0.25) is 5.88 Å². The smallest absolute Gasteiger partial charge is 0.291 e. The molecule has 0 bridgehead atoms. The molecule has 34 heavy (non-hydrogen) atoms. The van der Waals surface area contributed by atoms with Crippen LogP contribution in [0.15, 0.2) is 54.0 Å². The van der Waals surface area contributed by atoms with Crippen molar-refractivity contribution in [2.75, 3.05) is 33.9 Å². The van der Waals surface area contributed by atoms with Gasteiger partial charge in [0.15, 0.2) is 0 Å². The summed E-state index contributed by atoms with van der Waals surface area (Å²) in [6.07, 6.45) is 6.68. The maximum atomic E-state index is 13.9. The molecule has 1 fully saturated rings. The van der Waals surface area contributed by atoms with Gasteiger partial charge in [-0.25, -0.2) is 19.8 Å². The van der Waals surface area contributed by atoms with Crippen LogP contribution in [0.2, 0.25) is 0 Å². The lowest BCUT2D eigenvalue weighted by molar-refractivity contribution is 0.0950. The molecule has 0 unspecified atom stereocenters. The molecule has 4 rings (SSSR count). The zero-order chi connectivity index (χ0) is 23.9. The monoisotopic (exact) mass is 464 g/mol. The number of hydrazone groups is 1. The van der Waals surface area contributed by atoms with Gasteiger partial charge < -0.3 is 14.4 Å². The number of amides is 1. The van der Waals surface area contributed by atoms with Crippen LogP contribution in [0.4, 0.5) is 4.39 Å². The molecule has 9 nitrogen and oxygen atoms in total. The fourth-order valence-corrected chi connectivity index (χ4v) is 3.54. The van der Waals surface area contributed by atoms with Crippen molar-refractivity contribution in [3.05, 3.63) is 66.0 Å². The highest BCUT2D eigenvalue weighted by Crippen LogP contribution is 2.20. The van der Waals surface area contributed by atoms with Gasteiger partial charge in [-0.15, -0.1) is 0 Å². The third-order valence-electron chi connectivity index (χ3n) is 5.39. The van der Waals surface area contributed by atoms with E-state index in [0.717, 1.165) is 19.5 Å². The number of nitrogens with zero attached hydrogens (tertiary/aromatic N) is 5. The number of ether oxygens (including phenoxy) is 2. The van der Waals surface area contributed by atoms with Gasteiger partial charge in [0.05, 0.1) is 38.0 Å². The average molecular weight is 465 g/mol. The minimum atomic E-state index is -0.580. The molecule has 1 aromatic carbocycles. The van der Waals surface area contributed by atoms with Gasteiger partial charge >= 0.3 is 0 Å². The zero-order valence-corrected chi connectivity index (χ0v) is 18.9. The number of carbonyl (C=O) groups excluding carboxylic acids is 1. The third kappa shape index (κ3) is 5.90. The van der Waals surface area contributed by atoms with Crippen molar-refractivity contribution in [2.24, 2.45) is 11.0 Å². The Balaban J connectivity index is 1.34. The maximum absolute atomic E-state index is 13.9. The van der Waals surface area contributed by atoms with Crippen LogP contribution in [0.25, 0.3) is 11.3 Å². The van der Waals surface area contributed by atoms with Crippen molar-refractivity contribution in [2.45, 2.75) is 6.42 Å². The van der Waals surface area contributed by atoms with E-state index in [9.17, 15) is 9.18 Å². The highest BCUT2D eigenvalue weighted by atomic mass is 19.1. The minimum absolute atomic E-state index is 0.0616. The Hall–Kier alpha value is -3.92. The second-order valence-electron chi connectivity index (χ2n) is 7.99. The number of methoxy groups -OCH3 is 1. The van der Waals surface area contributed by atoms with Crippen molar-refractivity contribution in [1.82, 2.24) is 25.3 Å². The molecule has 1 aliphatic rings. The first kappa shape index (κ1) is 23.2. The number of likely N-dealkylation sites (tertiary alicyclic amines) is 1. The summed E-state index contributed by atoms with van der Waals surface area (Å²) in [5.41, 5.74) is 3.73. The number of nitrogens with one attached hydrogen (secondary N) is 1. The van der Waals surface area contributed by atoms with E-state index in [-0.39, 0.29) is 11.3 Å². The fourth-order valence-electron chi connectivity index (χ4n) is 3.54. The van der Waals surface area contributed by atoms with Crippen molar-refractivity contribution in [1.29, 1.82) is 0 Å². The predicted octanol–water partition coefficient (Wildman–Crippen LogP) is 2.78. The first-order chi connectivity index (χ1) is 16.5. The standard InChI is InChI=1S/C24H25FN6O3/c1-31-14-16(15-31)7-8-34-23-6-3-17(10-27-23)21-12-26-13-22(29-21)24(32)30-28-11-18-9-19(33-2)4-5-20(18)25/h3-6,9-13,16H,7-8,14-15H2,1-2H3,(H,30,32)/b28-11+. The molecule has 0 aliphatic carbocycles. The van der Waals surface area contributed by atoms with Crippen LogP contribution in [0.1, 0.15) is 22.5 Å². The lowest BCUT2D eigenvalue weighted by atomic mass is 9.98. The number of hydrogen-bond acceptors (Lipinski definition) is 8. The molecule has 0 saturated carbocycles.